The molecule has 0 radical (unpaired) electrons. The van der Waals surface area contributed by atoms with Crippen LogP contribution in [0.3, 0.4) is 0 Å². The zero-order chi connectivity index (χ0) is 17.6. The van der Waals surface area contributed by atoms with Gasteiger partial charge in [-0.25, -0.2) is 22.5 Å². The van der Waals surface area contributed by atoms with Crippen LogP contribution >= 0.6 is 0 Å². The number of sulfonamides is 1. The van der Waals surface area contributed by atoms with Crippen LogP contribution in [0.4, 0.5) is 4.79 Å². The highest BCUT2D eigenvalue weighted by molar-refractivity contribution is 7.89. The lowest BCUT2D eigenvalue weighted by atomic mass is 10.1. The number of ether oxygens (including phenoxy) is 1. The van der Waals surface area contributed by atoms with Crippen molar-refractivity contribution >= 4 is 16.1 Å². The number of urea groups is 1. The summed E-state index contributed by atoms with van der Waals surface area (Å²) < 4.78 is 30.2. The van der Waals surface area contributed by atoms with Crippen molar-refractivity contribution in [2.75, 3.05) is 26.0 Å². The molecule has 2 N–H and O–H groups in total. The molecule has 2 rings (SSSR count). The van der Waals surface area contributed by atoms with Crippen LogP contribution < -0.4 is 15.4 Å². The van der Waals surface area contributed by atoms with Crippen LogP contribution in [0.2, 0.25) is 0 Å². The number of methoxy groups -OCH3 is 1. The Morgan fingerprint density at radius 2 is 2.12 bits per heavy atom. The molecule has 0 aromatic carbocycles. The van der Waals surface area contributed by atoms with Gasteiger partial charge in [-0.15, -0.1) is 0 Å². The largest absolute Gasteiger partial charge is 0.481 e. The van der Waals surface area contributed by atoms with Crippen molar-refractivity contribution in [2.45, 2.75) is 32.4 Å². The molecule has 1 aliphatic heterocycles. The van der Waals surface area contributed by atoms with Gasteiger partial charge in [0.25, 0.3) is 0 Å². The highest BCUT2D eigenvalue weighted by Gasteiger charge is 2.27. The molecule has 0 aliphatic carbocycles. The van der Waals surface area contributed by atoms with E-state index in [4.69, 9.17) is 4.74 Å². The fourth-order valence-electron chi connectivity index (χ4n) is 2.62. The van der Waals surface area contributed by atoms with E-state index < -0.39 is 10.0 Å². The summed E-state index contributed by atoms with van der Waals surface area (Å²) in [6, 6.07) is 3.31. The number of piperidine rings is 1. The summed E-state index contributed by atoms with van der Waals surface area (Å²) in [7, 11) is -1.61. The Hall–Kier alpha value is -1.87. The Kier molecular flexibility index (Phi) is 6.38. The first-order valence-corrected chi connectivity index (χ1v) is 9.57. The van der Waals surface area contributed by atoms with E-state index in [1.54, 1.807) is 19.2 Å². The zero-order valence-electron chi connectivity index (χ0n) is 14.0. The van der Waals surface area contributed by atoms with Crippen molar-refractivity contribution in [3.63, 3.8) is 0 Å². The maximum absolute atomic E-state index is 12.0. The smallest absolute Gasteiger partial charge is 0.315 e. The van der Waals surface area contributed by atoms with Gasteiger partial charge in [-0.05, 0) is 25.8 Å². The topological polar surface area (TPSA) is 101 Å². The number of hydrogen-bond donors (Lipinski definition) is 2. The summed E-state index contributed by atoms with van der Waals surface area (Å²) in [5, 5.41) is 5.66. The van der Waals surface area contributed by atoms with Crippen LogP contribution in [-0.4, -0.2) is 55.7 Å². The van der Waals surface area contributed by atoms with E-state index in [2.05, 4.69) is 15.6 Å². The molecule has 1 aromatic heterocycles. The Balaban J connectivity index is 1.78. The third-order valence-electron chi connectivity index (χ3n) is 4.03. The molecule has 2 amide bonds. The summed E-state index contributed by atoms with van der Waals surface area (Å²) in [5.41, 5.74) is 0.791. The third-order valence-corrected chi connectivity index (χ3v) is 5.91. The predicted molar refractivity (Wildman–Crippen MR) is 90.2 cm³/mol. The molecule has 1 fully saturated rings. The molecule has 1 saturated heterocycles. The maximum atomic E-state index is 12.0. The summed E-state index contributed by atoms with van der Waals surface area (Å²) >= 11 is 0. The number of aromatic nitrogens is 1. The average Bonchev–Trinajstić information content (AvgIpc) is 2.60. The van der Waals surface area contributed by atoms with Gasteiger partial charge in [0.15, 0.2) is 0 Å². The van der Waals surface area contributed by atoms with Gasteiger partial charge in [0, 0.05) is 37.4 Å². The quantitative estimate of drug-likeness (QED) is 0.782. The Labute approximate surface area is 142 Å². The normalized spacial score (nSPS) is 16.6. The highest BCUT2D eigenvalue weighted by Crippen LogP contribution is 2.15. The molecule has 8 nitrogen and oxygen atoms in total. The first-order valence-electron chi connectivity index (χ1n) is 7.96. The molecule has 1 aliphatic rings. The maximum Gasteiger partial charge on any atom is 0.315 e. The monoisotopic (exact) mass is 356 g/mol. The van der Waals surface area contributed by atoms with Crippen molar-refractivity contribution in [1.29, 1.82) is 0 Å². The summed E-state index contributed by atoms with van der Waals surface area (Å²) in [4.78, 5) is 16.1. The predicted octanol–water partition coefficient (Wildman–Crippen LogP) is 0.704. The molecular formula is C15H24N4O4S. The molecule has 1 aromatic rings. The lowest BCUT2D eigenvalue weighted by Gasteiger charge is -2.31. The van der Waals surface area contributed by atoms with E-state index in [1.165, 1.54) is 11.4 Å². The number of hydrogen-bond acceptors (Lipinski definition) is 5. The van der Waals surface area contributed by atoms with Crippen LogP contribution in [-0.2, 0) is 16.6 Å². The molecule has 0 saturated carbocycles. The molecule has 134 valence electrons. The van der Waals surface area contributed by atoms with Crippen molar-refractivity contribution in [2.24, 2.45) is 0 Å². The number of pyridine rings is 1. The number of amides is 2. The second-order valence-electron chi connectivity index (χ2n) is 5.57. The van der Waals surface area contributed by atoms with Crippen LogP contribution in [0, 0.1) is 0 Å². The molecule has 0 unspecified atom stereocenters. The molecule has 24 heavy (non-hydrogen) atoms. The van der Waals surface area contributed by atoms with E-state index in [-0.39, 0.29) is 17.8 Å². The number of nitrogens with zero attached hydrogens (tertiary/aromatic N) is 2. The minimum atomic E-state index is -3.14. The Morgan fingerprint density at radius 1 is 1.42 bits per heavy atom. The molecule has 0 spiro atoms. The van der Waals surface area contributed by atoms with Crippen LogP contribution in [0.25, 0.3) is 0 Å². The van der Waals surface area contributed by atoms with Gasteiger partial charge >= 0.3 is 6.03 Å². The van der Waals surface area contributed by atoms with Crippen molar-refractivity contribution in [3.8, 4) is 5.88 Å². The van der Waals surface area contributed by atoms with Crippen molar-refractivity contribution in [3.05, 3.63) is 23.9 Å². The van der Waals surface area contributed by atoms with Gasteiger partial charge < -0.3 is 15.4 Å². The lowest BCUT2D eigenvalue weighted by molar-refractivity contribution is 0.227. The van der Waals surface area contributed by atoms with E-state index in [1.807, 2.05) is 6.07 Å². The van der Waals surface area contributed by atoms with Gasteiger partial charge in [0.1, 0.15) is 0 Å². The van der Waals surface area contributed by atoms with Gasteiger partial charge in [0.2, 0.25) is 15.9 Å². The Morgan fingerprint density at radius 3 is 2.75 bits per heavy atom. The molecule has 0 atom stereocenters. The molecule has 0 bridgehead atoms. The molecule has 9 heteroatoms. The van der Waals surface area contributed by atoms with Gasteiger partial charge in [-0.3, -0.25) is 0 Å². The lowest BCUT2D eigenvalue weighted by Crippen LogP contribution is -2.49. The minimum absolute atomic E-state index is 0.0240. The fourth-order valence-corrected chi connectivity index (χ4v) is 3.75. The summed E-state index contributed by atoms with van der Waals surface area (Å²) in [6.45, 7) is 2.83. The highest BCUT2D eigenvalue weighted by atomic mass is 32.2. The molecule has 2 heterocycles. The van der Waals surface area contributed by atoms with E-state index in [0.29, 0.717) is 38.4 Å². The Bertz CT molecular complexity index is 657. The van der Waals surface area contributed by atoms with Crippen LogP contribution in [0.1, 0.15) is 25.3 Å². The number of rotatable bonds is 6. The standard InChI is InChI=1S/C15H24N4O4S/c1-3-24(21,22)19-9-6-13(7-10-19)18-15(20)17-11-12-5-4-8-16-14(12)23-2/h4-5,8,13H,3,6-7,9-11H2,1-2H3,(H2,17,18,20). The summed E-state index contributed by atoms with van der Waals surface area (Å²) in [5.74, 6) is 0.592. The van der Waals surface area contributed by atoms with Gasteiger partial charge in [-0.1, -0.05) is 6.07 Å². The van der Waals surface area contributed by atoms with Crippen molar-refractivity contribution in [1.82, 2.24) is 19.9 Å². The second-order valence-corrected chi connectivity index (χ2v) is 7.83. The van der Waals surface area contributed by atoms with Crippen LogP contribution in [0.5, 0.6) is 5.88 Å². The van der Waals surface area contributed by atoms with Gasteiger partial charge in [-0.2, -0.15) is 0 Å². The summed E-state index contributed by atoms with van der Waals surface area (Å²) in [6.07, 6.45) is 2.85. The average molecular weight is 356 g/mol. The fraction of sp³-hybridized carbons (Fsp3) is 0.600. The van der Waals surface area contributed by atoms with E-state index >= 15 is 0 Å². The van der Waals surface area contributed by atoms with E-state index in [9.17, 15) is 13.2 Å². The number of nitrogens with one attached hydrogen (secondary N) is 2. The first-order chi connectivity index (χ1) is 11.5. The van der Waals surface area contributed by atoms with Gasteiger partial charge in [0.05, 0.1) is 12.9 Å². The number of carbonyl (C=O) groups is 1. The first kappa shape index (κ1) is 18.5. The van der Waals surface area contributed by atoms with E-state index in [0.717, 1.165) is 5.56 Å². The SMILES string of the molecule is CCS(=O)(=O)N1CCC(NC(=O)NCc2cccnc2OC)CC1. The number of carbonyl (C=O) groups excluding carboxylic acids is 1. The zero-order valence-corrected chi connectivity index (χ0v) is 14.8. The third kappa shape index (κ3) is 4.81. The van der Waals surface area contributed by atoms with Crippen molar-refractivity contribution < 1.29 is 17.9 Å². The minimum Gasteiger partial charge on any atom is -0.481 e. The van der Waals surface area contributed by atoms with Crippen LogP contribution in [0.15, 0.2) is 18.3 Å². The molecular weight excluding hydrogens is 332 g/mol. The second kappa shape index (κ2) is 8.29.